The molecule has 0 aliphatic heterocycles. The summed E-state index contributed by atoms with van der Waals surface area (Å²) >= 11 is 0. The maximum Gasteiger partial charge on any atom is 0.274 e. The predicted molar refractivity (Wildman–Crippen MR) is 121 cm³/mol. The van der Waals surface area contributed by atoms with E-state index in [4.69, 9.17) is 10.2 Å². The van der Waals surface area contributed by atoms with Gasteiger partial charge in [-0.15, -0.1) is 0 Å². The summed E-state index contributed by atoms with van der Waals surface area (Å²) < 4.78 is 6.16. The van der Waals surface area contributed by atoms with Gasteiger partial charge in [0.25, 0.3) is 14.9 Å². The molecule has 151 valence electrons. The molecule has 0 spiro atoms. The highest BCUT2D eigenvalue weighted by Gasteiger charge is 2.19. The molecule has 0 bridgehead atoms. The van der Waals surface area contributed by atoms with Gasteiger partial charge < -0.3 is 15.5 Å². The van der Waals surface area contributed by atoms with Crippen LogP contribution in [0.3, 0.4) is 0 Å². The number of nitrogens with two attached hydrogens (primary N) is 1. The first-order chi connectivity index (χ1) is 13.1. The average Bonchev–Trinajstić information content (AvgIpc) is 2.63. The molecule has 2 aromatic carbocycles. The Morgan fingerprint density at radius 1 is 1.11 bits per heavy atom. The third-order valence-corrected chi connectivity index (χ3v) is 5.24. The van der Waals surface area contributed by atoms with Crippen molar-refractivity contribution in [3.63, 3.8) is 0 Å². The zero-order valence-electron chi connectivity index (χ0n) is 18.0. The summed E-state index contributed by atoms with van der Waals surface area (Å²) in [7, 11) is -1.000. The molecule has 0 heterocycles. The minimum absolute atomic E-state index is 0.0503. The summed E-state index contributed by atoms with van der Waals surface area (Å²) in [6.45, 7) is 12.8. The van der Waals surface area contributed by atoms with Crippen LogP contribution in [0.15, 0.2) is 36.4 Å². The molecule has 0 saturated heterocycles. The van der Waals surface area contributed by atoms with Gasteiger partial charge in [-0.25, -0.2) is 0 Å². The number of anilines is 2. The number of unbranched alkanes of at least 4 members (excludes halogenated alkanes) is 1. The highest BCUT2D eigenvalue weighted by molar-refractivity contribution is 6.49. The van der Waals surface area contributed by atoms with Crippen LogP contribution in [0.1, 0.15) is 62.0 Å². The maximum absolute atomic E-state index is 12.9. The SMILES string of the molecule is CCCCc1ccc(N)c(NC(=O)c2ccc(C(C)(C)C)cc2)c1O[Si](C)C. The van der Waals surface area contributed by atoms with Crippen LogP contribution in [-0.2, 0) is 11.8 Å². The zero-order valence-corrected chi connectivity index (χ0v) is 19.0. The van der Waals surface area contributed by atoms with Crippen molar-refractivity contribution < 1.29 is 9.22 Å². The van der Waals surface area contributed by atoms with Crippen LogP contribution in [0.5, 0.6) is 5.75 Å². The Labute approximate surface area is 171 Å². The number of hydrogen-bond acceptors (Lipinski definition) is 3. The fraction of sp³-hybridized carbons (Fsp3) is 0.435. The molecule has 0 atom stereocenters. The van der Waals surface area contributed by atoms with E-state index in [9.17, 15) is 4.79 Å². The van der Waals surface area contributed by atoms with Crippen LogP contribution < -0.4 is 15.5 Å². The molecule has 5 heteroatoms. The van der Waals surface area contributed by atoms with E-state index in [2.05, 4.69) is 46.1 Å². The van der Waals surface area contributed by atoms with Gasteiger partial charge >= 0.3 is 0 Å². The molecular weight excluding hydrogens is 364 g/mol. The quantitative estimate of drug-likeness (QED) is 0.459. The molecule has 1 amide bonds. The molecule has 28 heavy (non-hydrogen) atoms. The lowest BCUT2D eigenvalue weighted by Gasteiger charge is -2.21. The Hall–Kier alpha value is -2.27. The van der Waals surface area contributed by atoms with Gasteiger partial charge in [0, 0.05) is 5.56 Å². The fourth-order valence-corrected chi connectivity index (χ4v) is 3.60. The van der Waals surface area contributed by atoms with Crippen molar-refractivity contribution in [1.29, 1.82) is 0 Å². The Morgan fingerprint density at radius 2 is 1.75 bits per heavy atom. The van der Waals surface area contributed by atoms with Crippen molar-refractivity contribution in [2.24, 2.45) is 0 Å². The smallest absolute Gasteiger partial charge is 0.274 e. The van der Waals surface area contributed by atoms with Crippen molar-refractivity contribution in [3.8, 4) is 5.75 Å². The summed E-state index contributed by atoms with van der Waals surface area (Å²) in [5.74, 6) is 0.553. The number of benzene rings is 2. The molecule has 4 nitrogen and oxygen atoms in total. The van der Waals surface area contributed by atoms with Crippen molar-refractivity contribution in [1.82, 2.24) is 0 Å². The van der Waals surface area contributed by atoms with E-state index >= 15 is 0 Å². The van der Waals surface area contributed by atoms with E-state index < -0.39 is 9.04 Å². The van der Waals surface area contributed by atoms with Gasteiger partial charge in [-0.2, -0.15) is 0 Å². The van der Waals surface area contributed by atoms with Gasteiger partial charge in [-0.3, -0.25) is 4.79 Å². The first kappa shape index (κ1) is 22.0. The molecule has 3 N–H and O–H groups in total. The van der Waals surface area contributed by atoms with Crippen molar-refractivity contribution >= 4 is 26.3 Å². The third kappa shape index (κ3) is 5.61. The molecule has 0 unspecified atom stereocenters. The number of rotatable bonds is 7. The number of carbonyl (C=O) groups excluding carboxylic acids is 1. The lowest BCUT2D eigenvalue weighted by Crippen LogP contribution is -2.19. The van der Waals surface area contributed by atoms with Gasteiger partial charge in [0.15, 0.2) is 0 Å². The highest BCUT2D eigenvalue weighted by Crippen LogP contribution is 2.36. The number of nitrogens with one attached hydrogen (secondary N) is 1. The summed E-state index contributed by atoms with van der Waals surface area (Å²) in [6.07, 6.45) is 3.07. The van der Waals surface area contributed by atoms with E-state index in [0.29, 0.717) is 16.9 Å². The van der Waals surface area contributed by atoms with E-state index in [1.54, 1.807) is 0 Å². The Morgan fingerprint density at radius 3 is 2.29 bits per heavy atom. The molecule has 2 rings (SSSR count). The summed E-state index contributed by atoms with van der Waals surface area (Å²) in [5.41, 5.74) is 10.3. The topological polar surface area (TPSA) is 64.3 Å². The first-order valence-corrected chi connectivity index (χ1v) is 12.4. The zero-order chi connectivity index (χ0) is 20.9. The fourth-order valence-electron chi connectivity index (χ4n) is 2.96. The summed E-state index contributed by atoms with van der Waals surface area (Å²) in [4.78, 5) is 12.9. The number of carbonyl (C=O) groups is 1. The largest absolute Gasteiger partial charge is 0.541 e. The maximum atomic E-state index is 12.9. The lowest BCUT2D eigenvalue weighted by molar-refractivity contribution is 0.102. The predicted octanol–water partition coefficient (Wildman–Crippen LogP) is 5.79. The first-order valence-electron chi connectivity index (χ1n) is 9.94. The van der Waals surface area contributed by atoms with Crippen molar-refractivity contribution in [2.75, 3.05) is 11.1 Å². The Bertz CT molecular complexity index is 809. The molecule has 2 aromatic rings. The molecule has 1 radical (unpaired) electrons. The number of aryl methyl sites for hydroxylation is 1. The van der Waals surface area contributed by atoms with Gasteiger partial charge in [-0.1, -0.05) is 52.3 Å². The van der Waals surface area contributed by atoms with Gasteiger partial charge in [-0.05, 0) is 60.7 Å². The average molecular weight is 398 g/mol. The van der Waals surface area contributed by atoms with Crippen LogP contribution in [-0.4, -0.2) is 14.9 Å². The molecule has 0 aliphatic rings. The molecule has 0 aliphatic carbocycles. The normalized spacial score (nSPS) is 11.5. The van der Waals surface area contributed by atoms with Crippen LogP contribution >= 0.6 is 0 Å². The van der Waals surface area contributed by atoms with Crippen LogP contribution in [0, 0.1) is 0 Å². The highest BCUT2D eigenvalue weighted by atomic mass is 28.3. The third-order valence-electron chi connectivity index (χ3n) is 4.63. The molecule has 0 fully saturated rings. The van der Waals surface area contributed by atoms with E-state index in [1.807, 2.05) is 36.4 Å². The molecular formula is C23H33N2O2Si. The minimum atomic E-state index is -1.000. The standard InChI is InChI=1S/C23H33N2O2Si/c1-7-8-9-16-12-15-19(24)20(21(16)27-28(5)6)25-22(26)17-10-13-18(14-11-17)23(2,3)4/h10-15H,7-9,24H2,1-6H3,(H,25,26). The summed E-state index contributed by atoms with van der Waals surface area (Å²) in [5, 5.41) is 3.00. The van der Waals surface area contributed by atoms with Crippen LogP contribution in [0.4, 0.5) is 11.4 Å². The van der Waals surface area contributed by atoms with E-state index in [1.165, 1.54) is 5.56 Å². The molecule has 0 saturated carbocycles. The Kier molecular flexibility index (Phi) is 7.30. The summed E-state index contributed by atoms with van der Waals surface area (Å²) in [6, 6.07) is 11.6. The van der Waals surface area contributed by atoms with Gasteiger partial charge in [0.05, 0.1) is 5.69 Å². The second kappa shape index (κ2) is 9.28. The number of nitrogen functional groups attached to an aromatic ring is 1. The minimum Gasteiger partial charge on any atom is -0.541 e. The number of hydrogen-bond donors (Lipinski definition) is 2. The monoisotopic (exact) mass is 397 g/mol. The van der Waals surface area contributed by atoms with Crippen molar-refractivity contribution in [2.45, 2.75) is 65.5 Å². The van der Waals surface area contributed by atoms with Crippen LogP contribution in [0.25, 0.3) is 0 Å². The van der Waals surface area contributed by atoms with Gasteiger partial charge in [0.2, 0.25) is 0 Å². The molecule has 0 aromatic heterocycles. The second-order valence-electron chi connectivity index (χ2n) is 8.41. The van der Waals surface area contributed by atoms with E-state index in [-0.39, 0.29) is 11.3 Å². The van der Waals surface area contributed by atoms with Gasteiger partial charge in [0.1, 0.15) is 11.4 Å². The lowest BCUT2D eigenvalue weighted by atomic mass is 9.86. The van der Waals surface area contributed by atoms with Crippen molar-refractivity contribution in [3.05, 3.63) is 53.1 Å². The second-order valence-corrected chi connectivity index (χ2v) is 10.4. The van der Waals surface area contributed by atoms with Crippen LogP contribution in [0.2, 0.25) is 13.1 Å². The van der Waals surface area contributed by atoms with E-state index in [0.717, 1.165) is 30.6 Å². The Balaban J connectivity index is 2.34. The number of amides is 1.